The van der Waals surface area contributed by atoms with Crippen molar-refractivity contribution in [1.29, 1.82) is 0 Å². The Hall–Kier alpha value is -3.53. The SMILES string of the molecule is C[C@H](O)c1nc(C(F)F)c(C(=O)N2CCc3[nH]cnc3[C@H]2c2oc3ccccc3c2C2CC2)o1. The molecule has 4 heterocycles. The number of amides is 1. The summed E-state index contributed by atoms with van der Waals surface area (Å²) in [5, 5.41) is 10.8. The Bertz CT molecular complexity index is 1380. The molecule has 1 saturated carbocycles. The van der Waals surface area contributed by atoms with Crippen molar-refractivity contribution in [2.24, 2.45) is 0 Å². The largest absolute Gasteiger partial charge is 0.458 e. The summed E-state index contributed by atoms with van der Waals surface area (Å²) in [6, 6.07) is 6.99. The molecule has 0 unspecified atom stereocenters. The number of nitrogens with one attached hydrogen (secondary N) is 1. The lowest BCUT2D eigenvalue weighted by molar-refractivity contribution is 0.0616. The van der Waals surface area contributed by atoms with Gasteiger partial charge in [0.15, 0.2) is 5.69 Å². The highest BCUT2D eigenvalue weighted by molar-refractivity contribution is 5.93. The van der Waals surface area contributed by atoms with Gasteiger partial charge in [-0.3, -0.25) is 4.79 Å². The molecular formula is C24H22F2N4O4. The molecule has 1 aliphatic heterocycles. The lowest BCUT2D eigenvalue weighted by atomic mass is 9.94. The molecule has 34 heavy (non-hydrogen) atoms. The van der Waals surface area contributed by atoms with Crippen LogP contribution >= 0.6 is 0 Å². The van der Waals surface area contributed by atoms with Crippen LogP contribution in [0.1, 0.15) is 89.1 Å². The number of fused-ring (bicyclic) bond motifs is 2. The summed E-state index contributed by atoms with van der Waals surface area (Å²) in [6.07, 6.45) is -0.202. The Labute approximate surface area is 192 Å². The van der Waals surface area contributed by atoms with Crippen molar-refractivity contribution in [2.75, 3.05) is 6.54 Å². The highest BCUT2D eigenvalue weighted by Gasteiger charge is 2.43. The Balaban J connectivity index is 1.51. The molecule has 176 valence electrons. The van der Waals surface area contributed by atoms with Gasteiger partial charge in [-0.15, -0.1) is 0 Å². The first-order valence-electron chi connectivity index (χ1n) is 11.2. The summed E-state index contributed by atoms with van der Waals surface area (Å²) in [5.41, 5.74) is 2.45. The highest BCUT2D eigenvalue weighted by Crippen LogP contribution is 2.50. The number of H-pyrrole nitrogens is 1. The van der Waals surface area contributed by atoms with E-state index in [1.165, 1.54) is 11.8 Å². The summed E-state index contributed by atoms with van der Waals surface area (Å²) >= 11 is 0. The van der Waals surface area contributed by atoms with Crippen molar-refractivity contribution in [2.45, 2.75) is 50.7 Å². The van der Waals surface area contributed by atoms with Crippen molar-refractivity contribution in [1.82, 2.24) is 19.9 Å². The van der Waals surface area contributed by atoms with Crippen LogP contribution in [0, 0.1) is 0 Å². The number of hydrogen-bond acceptors (Lipinski definition) is 6. The number of rotatable bonds is 5. The lowest BCUT2D eigenvalue weighted by Crippen LogP contribution is -2.41. The summed E-state index contributed by atoms with van der Waals surface area (Å²) in [7, 11) is 0. The van der Waals surface area contributed by atoms with Gasteiger partial charge in [0.25, 0.3) is 12.3 Å². The molecule has 0 radical (unpaired) electrons. The zero-order chi connectivity index (χ0) is 23.6. The lowest BCUT2D eigenvalue weighted by Gasteiger charge is -2.33. The highest BCUT2D eigenvalue weighted by atomic mass is 19.3. The van der Waals surface area contributed by atoms with Gasteiger partial charge < -0.3 is 23.8 Å². The second-order valence-electron chi connectivity index (χ2n) is 8.81. The minimum absolute atomic E-state index is 0.243. The van der Waals surface area contributed by atoms with Crippen molar-refractivity contribution in [3.05, 3.63) is 70.6 Å². The quantitative estimate of drug-likeness (QED) is 0.436. The van der Waals surface area contributed by atoms with E-state index >= 15 is 0 Å². The standard InChI is InChI=1S/C24H22F2N4O4/c1-11(31)23-29-18(22(25)26)21(34-23)24(32)30-9-8-14-17(28-10-27-14)19(30)20-16(12-6-7-12)13-4-2-3-5-15(13)33-20/h2-5,10-12,19,22,31H,6-9H2,1H3,(H,27,28)/t11-,19-/m0/s1. The molecular weight excluding hydrogens is 446 g/mol. The van der Waals surface area contributed by atoms with Crippen LogP contribution in [0.3, 0.4) is 0 Å². The number of furan rings is 1. The van der Waals surface area contributed by atoms with Crippen molar-refractivity contribution < 1.29 is 27.5 Å². The Morgan fingerprint density at radius 2 is 2.06 bits per heavy atom. The van der Waals surface area contributed by atoms with Crippen LogP contribution in [-0.2, 0) is 6.42 Å². The fourth-order valence-corrected chi connectivity index (χ4v) is 4.80. The van der Waals surface area contributed by atoms with Crippen LogP contribution in [0.25, 0.3) is 11.0 Å². The van der Waals surface area contributed by atoms with Crippen LogP contribution in [0.5, 0.6) is 0 Å². The normalized spacial score (nSPS) is 19.1. The van der Waals surface area contributed by atoms with Crippen LogP contribution in [0.4, 0.5) is 8.78 Å². The molecule has 3 aromatic heterocycles. The number of benzene rings is 1. The van der Waals surface area contributed by atoms with Gasteiger partial charge in [-0.05, 0) is 31.7 Å². The van der Waals surface area contributed by atoms with E-state index in [9.17, 15) is 18.7 Å². The van der Waals surface area contributed by atoms with E-state index in [0.29, 0.717) is 29.4 Å². The molecule has 0 bridgehead atoms. The second kappa shape index (κ2) is 7.76. The average molecular weight is 468 g/mol. The number of para-hydroxylation sites is 1. The molecule has 1 aliphatic carbocycles. The summed E-state index contributed by atoms with van der Waals surface area (Å²) in [5.74, 6) is -0.729. The number of alkyl halides is 2. The first kappa shape index (κ1) is 21.0. The number of oxazole rings is 1. The molecule has 2 atom stereocenters. The van der Waals surface area contributed by atoms with Crippen molar-refractivity contribution in [3.63, 3.8) is 0 Å². The summed E-state index contributed by atoms with van der Waals surface area (Å²) in [6.45, 7) is 1.58. The maximum atomic E-state index is 13.7. The topological polar surface area (TPSA) is 108 Å². The van der Waals surface area contributed by atoms with Crippen molar-refractivity contribution in [3.8, 4) is 0 Å². The molecule has 1 aromatic carbocycles. The van der Waals surface area contributed by atoms with Crippen LogP contribution in [-0.4, -0.2) is 37.4 Å². The van der Waals surface area contributed by atoms with Gasteiger partial charge in [-0.2, -0.15) is 0 Å². The molecule has 4 aromatic rings. The molecule has 10 heteroatoms. The number of aromatic nitrogens is 3. The monoisotopic (exact) mass is 468 g/mol. The number of nitrogens with zero attached hydrogens (tertiary/aromatic N) is 3. The average Bonchev–Trinajstić information content (AvgIpc) is 3.25. The van der Waals surface area contributed by atoms with Gasteiger partial charge in [0, 0.05) is 29.6 Å². The van der Waals surface area contributed by atoms with Crippen LogP contribution in [0.15, 0.2) is 39.4 Å². The zero-order valence-electron chi connectivity index (χ0n) is 18.3. The number of imidazole rings is 1. The van der Waals surface area contributed by atoms with E-state index in [-0.39, 0.29) is 12.4 Å². The van der Waals surface area contributed by atoms with Gasteiger partial charge in [0.05, 0.1) is 12.0 Å². The van der Waals surface area contributed by atoms with E-state index in [1.54, 1.807) is 6.33 Å². The molecule has 2 aliphatic rings. The maximum Gasteiger partial charge on any atom is 0.292 e. The molecule has 0 spiro atoms. The van der Waals surface area contributed by atoms with E-state index in [1.807, 2.05) is 24.3 Å². The third kappa shape index (κ3) is 3.24. The van der Waals surface area contributed by atoms with Gasteiger partial charge in [-0.1, -0.05) is 18.2 Å². The van der Waals surface area contributed by atoms with Gasteiger partial charge in [-0.25, -0.2) is 18.7 Å². The third-order valence-electron chi connectivity index (χ3n) is 6.51. The Morgan fingerprint density at radius 1 is 1.26 bits per heavy atom. The number of aliphatic hydroxyl groups is 1. The second-order valence-corrected chi connectivity index (χ2v) is 8.81. The van der Waals surface area contributed by atoms with Gasteiger partial charge in [0.1, 0.15) is 23.5 Å². The minimum Gasteiger partial charge on any atom is -0.458 e. The molecule has 8 nitrogen and oxygen atoms in total. The molecule has 1 fully saturated rings. The first-order valence-corrected chi connectivity index (χ1v) is 11.2. The molecule has 6 rings (SSSR count). The van der Waals surface area contributed by atoms with E-state index < -0.39 is 35.9 Å². The number of hydrogen-bond donors (Lipinski definition) is 2. The smallest absolute Gasteiger partial charge is 0.292 e. The van der Waals surface area contributed by atoms with E-state index in [0.717, 1.165) is 29.5 Å². The summed E-state index contributed by atoms with van der Waals surface area (Å²) in [4.78, 5) is 26.4. The Morgan fingerprint density at radius 3 is 2.79 bits per heavy atom. The zero-order valence-corrected chi connectivity index (χ0v) is 18.3. The van der Waals surface area contributed by atoms with Gasteiger partial charge in [0.2, 0.25) is 11.7 Å². The van der Waals surface area contributed by atoms with Gasteiger partial charge >= 0.3 is 0 Å². The fourth-order valence-electron chi connectivity index (χ4n) is 4.80. The number of carbonyl (C=O) groups is 1. The summed E-state index contributed by atoms with van der Waals surface area (Å²) < 4.78 is 39.2. The number of halogens is 2. The van der Waals surface area contributed by atoms with Crippen molar-refractivity contribution >= 4 is 16.9 Å². The van der Waals surface area contributed by atoms with Crippen LogP contribution in [0.2, 0.25) is 0 Å². The predicted molar refractivity (Wildman–Crippen MR) is 115 cm³/mol. The number of aliphatic hydroxyl groups excluding tert-OH is 1. The minimum atomic E-state index is -3.03. The fraction of sp³-hybridized carbons (Fsp3) is 0.375. The third-order valence-corrected chi connectivity index (χ3v) is 6.51. The van der Waals surface area contributed by atoms with E-state index in [2.05, 4.69) is 15.0 Å². The molecule has 2 N–H and O–H groups in total. The number of carbonyl (C=O) groups excluding carboxylic acids is 1. The maximum absolute atomic E-state index is 13.7. The predicted octanol–water partition coefficient (Wildman–Crippen LogP) is 4.80. The Kier molecular flexibility index (Phi) is 4.80. The van der Waals surface area contributed by atoms with E-state index in [4.69, 9.17) is 8.83 Å². The number of aromatic amines is 1. The molecule has 0 saturated heterocycles. The first-order chi connectivity index (χ1) is 16.4. The van der Waals surface area contributed by atoms with Crippen LogP contribution < -0.4 is 0 Å². The molecule has 1 amide bonds.